The van der Waals surface area contributed by atoms with Gasteiger partial charge in [0.05, 0.1) is 0 Å². The third kappa shape index (κ3) is 4.06. The maximum absolute atomic E-state index is 10.2. The molecule has 0 aromatic rings. The highest BCUT2D eigenvalue weighted by molar-refractivity contribution is 5.11. The van der Waals surface area contributed by atoms with Gasteiger partial charge in [-0.05, 0) is 30.3 Å². The van der Waals surface area contributed by atoms with Gasteiger partial charge in [-0.15, -0.1) is 0 Å². The first-order valence-electron chi connectivity index (χ1n) is 4.32. The van der Waals surface area contributed by atoms with Gasteiger partial charge in [-0.1, -0.05) is 27.4 Å². The SMILES string of the molecule is C.CC1(C)C=C(C[N+](=O)[O-])CCC1. The van der Waals surface area contributed by atoms with Crippen LogP contribution in [0.15, 0.2) is 11.6 Å². The molecule has 0 aromatic heterocycles. The summed E-state index contributed by atoms with van der Waals surface area (Å²) in [6.07, 6.45) is 5.21. The lowest BCUT2D eigenvalue weighted by atomic mass is 9.80. The van der Waals surface area contributed by atoms with Gasteiger partial charge in [0, 0.05) is 4.92 Å². The molecular weight excluding hydrogens is 166 g/mol. The third-order valence-corrected chi connectivity index (χ3v) is 2.25. The Balaban J connectivity index is 0.00000144. The predicted molar refractivity (Wildman–Crippen MR) is 54.3 cm³/mol. The van der Waals surface area contributed by atoms with E-state index in [0.717, 1.165) is 24.8 Å². The molecule has 0 bridgehead atoms. The molecule has 0 saturated carbocycles. The van der Waals surface area contributed by atoms with Gasteiger partial charge in [0.25, 0.3) is 0 Å². The predicted octanol–water partition coefficient (Wildman–Crippen LogP) is 3.04. The van der Waals surface area contributed by atoms with Gasteiger partial charge in [0.15, 0.2) is 0 Å². The largest absolute Gasteiger partial charge is 0.264 e. The maximum Gasteiger partial charge on any atom is 0.224 e. The van der Waals surface area contributed by atoms with Crippen molar-refractivity contribution < 1.29 is 4.92 Å². The highest BCUT2D eigenvalue weighted by atomic mass is 16.6. The molecule has 0 aliphatic heterocycles. The minimum absolute atomic E-state index is 0. The van der Waals surface area contributed by atoms with Crippen LogP contribution in [-0.2, 0) is 0 Å². The number of nitro groups is 1. The van der Waals surface area contributed by atoms with Gasteiger partial charge in [-0.2, -0.15) is 0 Å². The molecule has 0 radical (unpaired) electrons. The standard InChI is InChI=1S/C9H15NO2.CH4/c1-9(2)5-3-4-8(6-9)7-10(11)12;/h6H,3-5,7H2,1-2H3;1H4. The number of nitrogens with zero attached hydrogens (tertiary/aromatic N) is 1. The molecule has 0 saturated heterocycles. The van der Waals surface area contributed by atoms with Gasteiger partial charge in [-0.3, -0.25) is 10.1 Å². The Bertz CT molecular complexity index is 219. The summed E-state index contributed by atoms with van der Waals surface area (Å²) in [5.74, 6) is 0. The van der Waals surface area contributed by atoms with Crippen molar-refractivity contribution in [3.63, 3.8) is 0 Å². The van der Waals surface area contributed by atoms with Crippen LogP contribution in [-0.4, -0.2) is 11.5 Å². The van der Waals surface area contributed by atoms with Crippen molar-refractivity contribution in [1.29, 1.82) is 0 Å². The van der Waals surface area contributed by atoms with E-state index >= 15 is 0 Å². The third-order valence-electron chi connectivity index (χ3n) is 2.25. The van der Waals surface area contributed by atoms with E-state index in [-0.39, 0.29) is 24.3 Å². The average molecular weight is 185 g/mol. The van der Waals surface area contributed by atoms with Crippen molar-refractivity contribution in [3.05, 3.63) is 21.8 Å². The van der Waals surface area contributed by atoms with Gasteiger partial charge in [0.1, 0.15) is 0 Å². The number of allylic oxidation sites excluding steroid dienone is 1. The fourth-order valence-corrected chi connectivity index (χ4v) is 1.76. The van der Waals surface area contributed by atoms with Crippen LogP contribution in [0.5, 0.6) is 0 Å². The molecule has 3 heteroatoms. The Kier molecular flexibility index (Phi) is 4.11. The Morgan fingerprint density at radius 1 is 1.62 bits per heavy atom. The van der Waals surface area contributed by atoms with Gasteiger partial charge in [0.2, 0.25) is 6.54 Å². The van der Waals surface area contributed by atoms with Gasteiger partial charge in [-0.25, -0.2) is 0 Å². The highest BCUT2D eigenvalue weighted by Crippen LogP contribution is 2.32. The summed E-state index contributed by atoms with van der Waals surface area (Å²) in [7, 11) is 0. The van der Waals surface area contributed by atoms with E-state index in [9.17, 15) is 10.1 Å². The second-order valence-electron chi connectivity index (χ2n) is 4.14. The van der Waals surface area contributed by atoms with Gasteiger partial charge >= 0.3 is 0 Å². The summed E-state index contributed by atoms with van der Waals surface area (Å²) in [6.45, 7) is 4.29. The van der Waals surface area contributed by atoms with Crippen molar-refractivity contribution in [2.75, 3.05) is 6.54 Å². The molecule has 76 valence electrons. The van der Waals surface area contributed by atoms with E-state index in [1.54, 1.807) is 0 Å². The number of hydrogen-bond donors (Lipinski definition) is 0. The molecule has 3 nitrogen and oxygen atoms in total. The van der Waals surface area contributed by atoms with E-state index in [2.05, 4.69) is 19.9 Å². The first-order valence-corrected chi connectivity index (χ1v) is 4.32. The van der Waals surface area contributed by atoms with Crippen LogP contribution in [0.25, 0.3) is 0 Å². The van der Waals surface area contributed by atoms with Crippen LogP contribution < -0.4 is 0 Å². The van der Waals surface area contributed by atoms with Crippen molar-refractivity contribution in [3.8, 4) is 0 Å². The summed E-state index contributed by atoms with van der Waals surface area (Å²) < 4.78 is 0. The molecule has 0 unspecified atom stereocenters. The zero-order valence-corrected chi connectivity index (χ0v) is 7.67. The lowest BCUT2D eigenvalue weighted by Crippen LogP contribution is -2.16. The maximum atomic E-state index is 10.2. The molecule has 1 rings (SSSR count). The lowest BCUT2D eigenvalue weighted by Gasteiger charge is -2.25. The fraction of sp³-hybridized carbons (Fsp3) is 0.800. The van der Waals surface area contributed by atoms with Crippen molar-refractivity contribution in [1.82, 2.24) is 0 Å². The molecule has 0 fully saturated rings. The van der Waals surface area contributed by atoms with E-state index in [4.69, 9.17) is 0 Å². The molecule has 1 aliphatic carbocycles. The number of hydrogen-bond acceptors (Lipinski definition) is 2. The smallest absolute Gasteiger partial charge is 0.224 e. The minimum Gasteiger partial charge on any atom is -0.264 e. The Morgan fingerprint density at radius 2 is 2.23 bits per heavy atom. The second-order valence-corrected chi connectivity index (χ2v) is 4.14. The zero-order chi connectivity index (χ0) is 9.19. The summed E-state index contributed by atoms with van der Waals surface area (Å²) in [5, 5.41) is 10.2. The van der Waals surface area contributed by atoms with E-state index < -0.39 is 0 Å². The highest BCUT2D eigenvalue weighted by Gasteiger charge is 2.21. The molecular formula is C10H19NO2. The summed E-state index contributed by atoms with van der Waals surface area (Å²) in [6, 6.07) is 0. The molecule has 0 aromatic carbocycles. The van der Waals surface area contributed by atoms with Crippen LogP contribution in [0.1, 0.15) is 40.5 Å². The fourth-order valence-electron chi connectivity index (χ4n) is 1.76. The lowest BCUT2D eigenvalue weighted by molar-refractivity contribution is -0.471. The van der Waals surface area contributed by atoms with E-state index in [1.807, 2.05) is 0 Å². The second kappa shape index (κ2) is 4.40. The van der Waals surface area contributed by atoms with Crippen LogP contribution in [0.3, 0.4) is 0 Å². The van der Waals surface area contributed by atoms with Crippen molar-refractivity contribution in [2.45, 2.75) is 40.5 Å². The molecule has 1 aliphatic rings. The average Bonchev–Trinajstić information content (AvgIpc) is 1.82. The Morgan fingerprint density at radius 3 is 2.69 bits per heavy atom. The molecule has 0 spiro atoms. The summed E-state index contributed by atoms with van der Waals surface area (Å²) in [5.41, 5.74) is 1.17. The molecule has 0 atom stereocenters. The van der Waals surface area contributed by atoms with Crippen LogP contribution >= 0.6 is 0 Å². The Hall–Kier alpha value is -0.860. The molecule has 0 heterocycles. The van der Waals surface area contributed by atoms with E-state index in [1.165, 1.54) is 0 Å². The molecule has 0 N–H and O–H groups in total. The van der Waals surface area contributed by atoms with Crippen LogP contribution in [0.2, 0.25) is 0 Å². The minimum atomic E-state index is -0.243. The summed E-state index contributed by atoms with van der Waals surface area (Å²) >= 11 is 0. The topological polar surface area (TPSA) is 43.1 Å². The molecule has 13 heavy (non-hydrogen) atoms. The number of rotatable bonds is 2. The summed E-state index contributed by atoms with van der Waals surface area (Å²) in [4.78, 5) is 10.0. The van der Waals surface area contributed by atoms with Gasteiger partial charge < -0.3 is 0 Å². The quantitative estimate of drug-likeness (QED) is 0.377. The Labute approximate surface area is 80.0 Å². The van der Waals surface area contributed by atoms with Crippen LogP contribution in [0, 0.1) is 15.5 Å². The van der Waals surface area contributed by atoms with E-state index in [0.29, 0.717) is 0 Å². The van der Waals surface area contributed by atoms with Crippen molar-refractivity contribution in [2.24, 2.45) is 5.41 Å². The van der Waals surface area contributed by atoms with Crippen LogP contribution in [0.4, 0.5) is 0 Å². The monoisotopic (exact) mass is 185 g/mol. The zero-order valence-electron chi connectivity index (χ0n) is 7.67. The first kappa shape index (κ1) is 12.1. The van der Waals surface area contributed by atoms with Crippen molar-refractivity contribution >= 4 is 0 Å². The first-order chi connectivity index (χ1) is 5.49. The normalized spacial score (nSPS) is 20.0. The molecule has 0 amide bonds.